The molecule has 1 aromatic rings. The Balaban J connectivity index is 0.000000325. The van der Waals surface area contributed by atoms with Gasteiger partial charge in [0.25, 0.3) is 0 Å². The van der Waals surface area contributed by atoms with Gasteiger partial charge in [0.1, 0.15) is 0 Å². The lowest BCUT2D eigenvalue weighted by atomic mass is 10.3. The van der Waals surface area contributed by atoms with E-state index in [0.29, 0.717) is 6.54 Å². The molecule has 0 spiro atoms. The lowest BCUT2D eigenvalue weighted by molar-refractivity contribution is 0.249. The van der Waals surface area contributed by atoms with E-state index in [2.05, 4.69) is 29.7 Å². The maximum absolute atomic E-state index is 9.87. The van der Waals surface area contributed by atoms with Gasteiger partial charge in [0.15, 0.2) is 0 Å². The molecule has 0 bridgehead atoms. The molecule has 4 N–H and O–H groups in total. The number of carbonyl (C=O) groups is 1. The Bertz CT molecular complexity index is 288. The standard InChI is InChI=1S/C9H13N.C4H10N2O/c1-2-8-10-9-6-4-3-5-7-9;1-2-3-6-4(5)7/h3-7,10H,2,8H2,1H3;2-3H2,1H3,(H3,5,6,7). The minimum atomic E-state index is -0.443. The first-order valence-corrected chi connectivity index (χ1v) is 6.02. The van der Waals surface area contributed by atoms with Crippen molar-refractivity contribution in [1.82, 2.24) is 5.32 Å². The molecule has 2 amide bonds. The zero-order valence-corrected chi connectivity index (χ0v) is 10.7. The molecule has 0 heterocycles. The number of hydrogen-bond donors (Lipinski definition) is 3. The van der Waals surface area contributed by atoms with E-state index in [4.69, 9.17) is 5.73 Å². The van der Waals surface area contributed by atoms with Crippen LogP contribution in [-0.2, 0) is 0 Å². The SMILES string of the molecule is CCCNC(N)=O.CCCNc1ccccc1. The van der Waals surface area contributed by atoms with Crippen LogP contribution in [0.1, 0.15) is 26.7 Å². The van der Waals surface area contributed by atoms with Crippen LogP contribution < -0.4 is 16.4 Å². The Morgan fingerprint density at radius 2 is 1.71 bits per heavy atom. The molecule has 0 saturated heterocycles. The number of rotatable bonds is 5. The van der Waals surface area contributed by atoms with Gasteiger partial charge >= 0.3 is 6.03 Å². The Morgan fingerprint density at radius 1 is 1.12 bits per heavy atom. The second-order valence-corrected chi connectivity index (χ2v) is 3.58. The van der Waals surface area contributed by atoms with Crippen molar-refractivity contribution in [3.8, 4) is 0 Å². The maximum atomic E-state index is 9.87. The van der Waals surface area contributed by atoms with Crippen molar-refractivity contribution in [2.75, 3.05) is 18.4 Å². The second-order valence-electron chi connectivity index (χ2n) is 3.58. The highest BCUT2D eigenvalue weighted by Crippen LogP contribution is 2.03. The number of carbonyl (C=O) groups excluding carboxylic acids is 1. The van der Waals surface area contributed by atoms with Gasteiger partial charge in [-0.05, 0) is 25.0 Å². The highest BCUT2D eigenvalue weighted by atomic mass is 16.2. The van der Waals surface area contributed by atoms with Crippen molar-refractivity contribution in [1.29, 1.82) is 0 Å². The third-order valence-electron chi connectivity index (χ3n) is 1.90. The van der Waals surface area contributed by atoms with Crippen LogP contribution in [0.25, 0.3) is 0 Å². The van der Waals surface area contributed by atoms with Crippen LogP contribution in [0.15, 0.2) is 30.3 Å². The quantitative estimate of drug-likeness (QED) is 0.736. The lowest BCUT2D eigenvalue weighted by Crippen LogP contribution is -2.29. The molecular formula is C13H23N3O. The number of benzene rings is 1. The normalized spacial score (nSPS) is 8.82. The zero-order chi connectivity index (χ0) is 12.9. The van der Waals surface area contributed by atoms with Gasteiger partial charge in [0.2, 0.25) is 0 Å². The van der Waals surface area contributed by atoms with E-state index in [9.17, 15) is 4.79 Å². The van der Waals surface area contributed by atoms with Gasteiger partial charge in [-0.2, -0.15) is 0 Å². The van der Waals surface area contributed by atoms with Gasteiger partial charge in [-0.25, -0.2) is 4.79 Å². The Hall–Kier alpha value is -1.71. The van der Waals surface area contributed by atoms with Gasteiger partial charge in [-0.1, -0.05) is 32.0 Å². The van der Waals surface area contributed by atoms with E-state index in [0.717, 1.165) is 13.0 Å². The number of primary amides is 1. The molecule has 1 aromatic carbocycles. The van der Waals surface area contributed by atoms with Crippen molar-refractivity contribution in [3.63, 3.8) is 0 Å². The molecule has 0 aliphatic carbocycles. The largest absolute Gasteiger partial charge is 0.385 e. The molecule has 0 aromatic heterocycles. The molecule has 0 unspecified atom stereocenters. The number of hydrogen-bond acceptors (Lipinski definition) is 2. The van der Waals surface area contributed by atoms with Crippen LogP contribution in [0.3, 0.4) is 0 Å². The second kappa shape index (κ2) is 10.8. The van der Waals surface area contributed by atoms with Crippen molar-refractivity contribution in [2.45, 2.75) is 26.7 Å². The summed E-state index contributed by atoms with van der Waals surface area (Å²) in [6.07, 6.45) is 2.11. The van der Waals surface area contributed by atoms with E-state index < -0.39 is 6.03 Å². The molecule has 0 fully saturated rings. The van der Waals surface area contributed by atoms with Gasteiger partial charge < -0.3 is 16.4 Å². The fraction of sp³-hybridized carbons (Fsp3) is 0.462. The van der Waals surface area contributed by atoms with Gasteiger partial charge in [0.05, 0.1) is 0 Å². The average Bonchev–Trinajstić information content (AvgIpc) is 2.36. The third kappa shape index (κ3) is 10.6. The van der Waals surface area contributed by atoms with Crippen molar-refractivity contribution in [3.05, 3.63) is 30.3 Å². The van der Waals surface area contributed by atoms with E-state index in [1.807, 2.05) is 25.1 Å². The van der Waals surface area contributed by atoms with Crippen LogP contribution in [0.2, 0.25) is 0 Å². The summed E-state index contributed by atoms with van der Waals surface area (Å²) in [6, 6.07) is 9.82. The number of anilines is 1. The molecule has 17 heavy (non-hydrogen) atoms. The van der Waals surface area contributed by atoms with Gasteiger partial charge in [0, 0.05) is 18.8 Å². The summed E-state index contributed by atoms with van der Waals surface area (Å²) in [5.74, 6) is 0. The summed E-state index contributed by atoms with van der Waals surface area (Å²) in [5.41, 5.74) is 5.94. The monoisotopic (exact) mass is 237 g/mol. The Kier molecular flexibility index (Phi) is 9.71. The smallest absolute Gasteiger partial charge is 0.312 e. The van der Waals surface area contributed by atoms with E-state index in [1.165, 1.54) is 12.1 Å². The number of amides is 2. The predicted octanol–water partition coefficient (Wildman–Crippen LogP) is 2.57. The average molecular weight is 237 g/mol. The minimum absolute atomic E-state index is 0.443. The van der Waals surface area contributed by atoms with Crippen LogP contribution in [0.4, 0.5) is 10.5 Å². The fourth-order valence-corrected chi connectivity index (χ4v) is 1.07. The van der Waals surface area contributed by atoms with E-state index in [1.54, 1.807) is 0 Å². The molecule has 0 radical (unpaired) electrons. The number of nitrogens with one attached hydrogen (secondary N) is 2. The van der Waals surface area contributed by atoms with Crippen LogP contribution in [0.5, 0.6) is 0 Å². The molecule has 0 aliphatic heterocycles. The number of para-hydroxylation sites is 1. The summed E-state index contributed by atoms with van der Waals surface area (Å²) in [7, 11) is 0. The molecule has 0 saturated carbocycles. The summed E-state index contributed by atoms with van der Waals surface area (Å²) >= 11 is 0. The van der Waals surface area contributed by atoms with Crippen molar-refractivity contribution in [2.24, 2.45) is 5.73 Å². The molecule has 96 valence electrons. The van der Waals surface area contributed by atoms with Gasteiger partial charge in [-0.15, -0.1) is 0 Å². The maximum Gasteiger partial charge on any atom is 0.312 e. The lowest BCUT2D eigenvalue weighted by Gasteiger charge is -2.01. The Morgan fingerprint density at radius 3 is 2.12 bits per heavy atom. The third-order valence-corrected chi connectivity index (χ3v) is 1.90. The van der Waals surface area contributed by atoms with Crippen molar-refractivity contribution < 1.29 is 4.79 Å². The highest BCUT2D eigenvalue weighted by Gasteiger charge is 1.84. The minimum Gasteiger partial charge on any atom is -0.385 e. The summed E-state index contributed by atoms with van der Waals surface area (Å²) < 4.78 is 0. The van der Waals surface area contributed by atoms with Crippen LogP contribution in [-0.4, -0.2) is 19.1 Å². The first kappa shape index (κ1) is 15.3. The van der Waals surface area contributed by atoms with E-state index in [-0.39, 0.29) is 0 Å². The van der Waals surface area contributed by atoms with Crippen molar-refractivity contribution >= 4 is 11.7 Å². The fourth-order valence-electron chi connectivity index (χ4n) is 1.07. The first-order valence-electron chi connectivity index (χ1n) is 6.02. The summed E-state index contributed by atoms with van der Waals surface area (Å²) in [4.78, 5) is 9.87. The molecular weight excluding hydrogens is 214 g/mol. The summed E-state index contributed by atoms with van der Waals surface area (Å²) in [5, 5.41) is 5.73. The molecule has 0 atom stereocenters. The molecule has 0 aliphatic rings. The van der Waals surface area contributed by atoms with Crippen LogP contribution in [0, 0.1) is 0 Å². The number of urea groups is 1. The molecule has 1 rings (SSSR count). The summed E-state index contributed by atoms with van der Waals surface area (Å²) in [6.45, 7) is 5.87. The Labute approximate surface area is 104 Å². The first-order chi connectivity index (χ1) is 8.20. The predicted molar refractivity (Wildman–Crippen MR) is 73.1 cm³/mol. The number of nitrogens with two attached hydrogens (primary N) is 1. The molecule has 4 nitrogen and oxygen atoms in total. The topological polar surface area (TPSA) is 67.1 Å². The van der Waals surface area contributed by atoms with E-state index >= 15 is 0 Å². The van der Waals surface area contributed by atoms with Gasteiger partial charge in [-0.3, -0.25) is 0 Å². The highest BCUT2D eigenvalue weighted by molar-refractivity contribution is 5.71. The molecule has 4 heteroatoms. The zero-order valence-electron chi connectivity index (χ0n) is 10.7. The van der Waals surface area contributed by atoms with Crippen LogP contribution >= 0.6 is 0 Å².